The molecule has 2 unspecified atom stereocenters. The van der Waals surface area contributed by atoms with Crippen molar-refractivity contribution < 1.29 is 24.5 Å². The molecule has 1 aromatic heterocycles. The predicted molar refractivity (Wildman–Crippen MR) is 59.4 cm³/mol. The van der Waals surface area contributed by atoms with Crippen LogP contribution in [-0.4, -0.2) is 27.4 Å². The number of rotatable bonds is 4. The van der Waals surface area contributed by atoms with Crippen LogP contribution in [0.1, 0.15) is 18.1 Å². The number of carbonyl (C=O) groups is 1. The van der Waals surface area contributed by atoms with Gasteiger partial charge >= 0.3 is 5.97 Å². The lowest BCUT2D eigenvalue weighted by molar-refractivity contribution is -0.141. The Morgan fingerprint density at radius 3 is 2.71 bits per heavy atom. The first-order chi connectivity index (χ1) is 8.09. The van der Waals surface area contributed by atoms with Crippen LogP contribution in [0.5, 0.6) is 0 Å². The van der Waals surface area contributed by atoms with Crippen molar-refractivity contribution in [1.82, 2.24) is 0 Å². The van der Waals surface area contributed by atoms with Crippen molar-refractivity contribution in [3.63, 3.8) is 0 Å². The van der Waals surface area contributed by atoms with Gasteiger partial charge in [-0.05, 0) is 6.07 Å². The quantitative estimate of drug-likeness (QED) is 0.744. The highest BCUT2D eigenvalue weighted by atomic mass is 16.4. The van der Waals surface area contributed by atoms with Crippen LogP contribution in [0.15, 0.2) is 34.9 Å². The maximum Gasteiger partial charge on any atom is 0.306 e. The first kappa shape index (κ1) is 11.6. The number of aliphatic hydroxyl groups excluding tert-OH is 2. The van der Waals surface area contributed by atoms with Gasteiger partial charge in [0.05, 0.1) is 18.8 Å². The minimum absolute atomic E-state index is 0.398. The van der Waals surface area contributed by atoms with Crippen molar-refractivity contribution in [3.8, 4) is 0 Å². The van der Waals surface area contributed by atoms with Crippen LogP contribution in [0, 0.1) is 0 Å². The zero-order chi connectivity index (χ0) is 12.4. The second kappa shape index (κ2) is 4.57. The van der Waals surface area contributed by atoms with E-state index in [0.29, 0.717) is 16.5 Å². The van der Waals surface area contributed by atoms with Gasteiger partial charge in [-0.3, -0.25) is 4.79 Å². The molecule has 2 atom stereocenters. The molecule has 0 radical (unpaired) electrons. The fourth-order valence-corrected chi connectivity index (χ4v) is 1.73. The van der Waals surface area contributed by atoms with E-state index in [1.807, 2.05) is 0 Å². The summed E-state index contributed by atoms with van der Waals surface area (Å²) in [5.41, 5.74) is 0.985. The van der Waals surface area contributed by atoms with Crippen LogP contribution in [0.25, 0.3) is 11.0 Å². The Kier molecular flexibility index (Phi) is 3.12. The summed E-state index contributed by atoms with van der Waals surface area (Å²) in [5, 5.41) is 28.6. The van der Waals surface area contributed by atoms with E-state index < -0.39 is 24.6 Å². The second-order valence-corrected chi connectivity index (χ2v) is 3.80. The summed E-state index contributed by atoms with van der Waals surface area (Å²) in [6.07, 6.45) is -1.80. The minimum Gasteiger partial charge on any atom is -0.481 e. The molecule has 0 amide bonds. The topological polar surface area (TPSA) is 90.9 Å². The van der Waals surface area contributed by atoms with Gasteiger partial charge in [-0.1, -0.05) is 18.2 Å². The number of hydrogen-bond donors (Lipinski definition) is 3. The van der Waals surface area contributed by atoms with Crippen LogP contribution in [0.4, 0.5) is 0 Å². The van der Waals surface area contributed by atoms with E-state index in [4.69, 9.17) is 9.52 Å². The lowest BCUT2D eigenvalue weighted by atomic mass is 10.0. The molecular formula is C12H12O5. The number of fused-ring (bicyclic) bond motifs is 1. The van der Waals surface area contributed by atoms with Gasteiger partial charge in [0.15, 0.2) is 0 Å². The fourth-order valence-electron chi connectivity index (χ4n) is 1.73. The molecule has 0 aliphatic heterocycles. The van der Waals surface area contributed by atoms with E-state index >= 15 is 0 Å². The van der Waals surface area contributed by atoms with E-state index in [-0.39, 0.29) is 0 Å². The zero-order valence-corrected chi connectivity index (χ0v) is 8.91. The van der Waals surface area contributed by atoms with Gasteiger partial charge in [-0.25, -0.2) is 0 Å². The molecule has 0 saturated heterocycles. The third-order valence-electron chi connectivity index (χ3n) is 2.58. The molecule has 0 aliphatic carbocycles. The maximum absolute atomic E-state index is 10.5. The van der Waals surface area contributed by atoms with E-state index in [1.54, 1.807) is 24.3 Å². The van der Waals surface area contributed by atoms with Crippen LogP contribution in [-0.2, 0) is 4.79 Å². The molecule has 17 heavy (non-hydrogen) atoms. The van der Waals surface area contributed by atoms with Gasteiger partial charge < -0.3 is 19.7 Å². The standard InChI is InChI=1S/C12H12O5/c13-9(5-11(14)15)12(16)8-6-17-10-4-2-1-3-7(8)10/h1-4,6,9,12-13,16H,5H2,(H,14,15). The van der Waals surface area contributed by atoms with Gasteiger partial charge in [0.25, 0.3) is 0 Å². The number of aliphatic hydroxyl groups is 2. The summed E-state index contributed by atoms with van der Waals surface area (Å²) in [4.78, 5) is 10.5. The Morgan fingerprint density at radius 2 is 2.00 bits per heavy atom. The molecule has 0 aliphatic rings. The van der Waals surface area contributed by atoms with E-state index in [2.05, 4.69) is 0 Å². The smallest absolute Gasteiger partial charge is 0.306 e. The average molecular weight is 236 g/mol. The number of carboxylic acid groups (broad SMARTS) is 1. The highest BCUT2D eigenvalue weighted by Gasteiger charge is 2.24. The average Bonchev–Trinajstić information content (AvgIpc) is 2.70. The monoisotopic (exact) mass is 236 g/mol. The summed E-state index contributed by atoms with van der Waals surface area (Å²) >= 11 is 0. The molecule has 2 aromatic rings. The van der Waals surface area contributed by atoms with Crippen LogP contribution in [0.3, 0.4) is 0 Å². The van der Waals surface area contributed by atoms with E-state index in [1.165, 1.54) is 6.26 Å². The number of carboxylic acids is 1. The van der Waals surface area contributed by atoms with Crippen LogP contribution in [0.2, 0.25) is 0 Å². The molecule has 0 fully saturated rings. The molecule has 0 spiro atoms. The van der Waals surface area contributed by atoms with Crippen molar-refractivity contribution >= 4 is 16.9 Å². The Hall–Kier alpha value is -1.85. The van der Waals surface area contributed by atoms with Crippen LogP contribution < -0.4 is 0 Å². The highest BCUT2D eigenvalue weighted by molar-refractivity contribution is 5.81. The summed E-state index contributed by atoms with van der Waals surface area (Å²) in [6, 6.07) is 7.04. The first-order valence-electron chi connectivity index (χ1n) is 5.13. The summed E-state index contributed by atoms with van der Waals surface area (Å²) in [6.45, 7) is 0. The second-order valence-electron chi connectivity index (χ2n) is 3.80. The summed E-state index contributed by atoms with van der Waals surface area (Å²) < 4.78 is 5.21. The lowest BCUT2D eigenvalue weighted by Gasteiger charge is -2.14. The maximum atomic E-state index is 10.5. The van der Waals surface area contributed by atoms with Crippen molar-refractivity contribution in [3.05, 3.63) is 36.1 Å². The van der Waals surface area contributed by atoms with E-state index in [9.17, 15) is 15.0 Å². The predicted octanol–water partition coefficient (Wildman–Crippen LogP) is 1.30. The number of furan rings is 1. The Balaban J connectivity index is 2.30. The molecule has 90 valence electrons. The molecule has 5 heteroatoms. The van der Waals surface area contributed by atoms with Gasteiger partial charge in [-0.2, -0.15) is 0 Å². The SMILES string of the molecule is O=C(O)CC(O)C(O)c1coc2ccccc12. The number of para-hydroxylation sites is 1. The first-order valence-corrected chi connectivity index (χ1v) is 5.13. The van der Waals surface area contributed by atoms with Gasteiger partial charge in [-0.15, -0.1) is 0 Å². The molecule has 1 heterocycles. The Labute approximate surface area is 96.9 Å². The molecule has 2 rings (SSSR count). The van der Waals surface area contributed by atoms with Gasteiger partial charge in [0.2, 0.25) is 0 Å². The largest absolute Gasteiger partial charge is 0.481 e. The van der Waals surface area contributed by atoms with E-state index in [0.717, 1.165) is 0 Å². The fraction of sp³-hybridized carbons (Fsp3) is 0.250. The number of aliphatic carboxylic acids is 1. The summed E-state index contributed by atoms with van der Waals surface area (Å²) in [5.74, 6) is -1.16. The Morgan fingerprint density at radius 1 is 1.29 bits per heavy atom. The van der Waals surface area contributed by atoms with Crippen molar-refractivity contribution in [2.24, 2.45) is 0 Å². The molecule has 0 saturated carbocycles. The van der Waals surface area contributed by atoms with Crippen molar-refractivity contribution in [2.45, 2.75) is 18.6 Å². The number of hydrogen-bond acceptors (Lipinski definition) is 4. The zero-order valence-electron chi connectivity index (χ0n) is 8.91. The highest BCUT2D eigenvalue weighted by Crippen LogP contribution is 2.28. The van der Waals surface area contributed by atoms with Crippen molar-refractivity contribution in [1.29, 1.82) is 0 Å². The normalized spacial score (nSPS) is 14.7. The van der Waals surface area contributed by atoms with Crippen LogP contribution >= 0.6 is 0 Å². The summed E-state index contributed by atoms with van der Waals surface area (Å²) in [7, 11) is 0. The molecular weight excluding hydrogens is 224 g/mol. The third kappa shape index (κ3) is 2.30. The Bertz CT molecular complexity index is 530. The van der Waals surface area contributed by atoms with Gasteiger partial charge in [0.1, 0.15) is 11.7 Å². The molecule has 0 bridgehead atoms. The minimum atomic E-state index is -1.35. The molecule has 5 nitrogen and oxygen atoms in total. The van der Waals surface area contributed by atoms with Gasteiger partial charge in [0, 0.05) is 10.9 Å². The molecule has 1 aromatic carbocycles. The number of benzene rings is 1. The lowest BCUT2D eigenvalue weighted by Crippen LogP contribution is -2.21. The molecule has 3 N–H and O–H groups in total. The van der Waals surface area contributed by atoms with Crippen molar-refractivity contribution in [2.75, 3.05) is 0 Å². The third-order valence-corrected chi connectivity index (χ3v) is 2.58.